The summed E-state index contributed by atoms with van der Waals surface area (Å²) in [5.74, 6) is 0. The summed E-state index contributed by atoms with van der Waals surface area (Å²) >= 11 is 3.24. The lowest BCUT2D eigenvalue weighted by molar-refractivity contribution is -0.137. The van der Waals surface area contributed by atoms with E-state index < -0.39 is 11.7 Å². The molecule has 0 aliphatic heterocycles. The first-order valence-corrected chi connectivity index (χ1v) is 10.1. The minimum atomic E-state index is -4.30. The van der Waals surface area contributed by atoms with Gasteiger partial charge in [0.15, 0.2) is 0 Å². The average molecular weight is 404 g/mol. The molecule has 4 rings (SSSR count). The van der Waals surface area contributed by atoms with Crippen molar-refractivity contribution in [2.24, 2.45) is 0 Å². The van der Waals surface area contributed by atoms with Crippen molar-refractivity contribution in [1.29, 1.82) is 0 Å². The van der Waals surface area contributed by atoms with Crippen LogP contribution in [0.4, 0.5) is 13.2 Å². The van der Waals surface area contributed by atoms with E-state index in [2.05, 4.69) is 16.8 Å². The van der Waals surface area contributed by atoms with Crippen LogP contribution in [0.5, 0.6) is 0 Å². The van der Waals surface area contributed by atoms with Crippen molar-refractivity contribution >= 4 is 32.9 Å². The third kappa shape index (κ3) is 4.05. The second-order valence-electron chi connectivity index (χ2n) is 6.12. The molecule has 0 unspecified atom stereocenters. The lowest BCUT2D eigenvalue weighted by Crippen LogP contribution is -2.14. The highest BCUT2D eigenvalue weighted by Gasteiger charge is 2.29. The van der Waals surface area contributed by atoms with Crippen LogP contribution in [0.1, 0.15) is 16.7 Å². The van der Waals surface area contributed by atoms with Gasteiger partial charge in [0.25, 0.3) is 0 Å². The van der Waals surface area contributed by atoms with Gasteiger partial charge in [-0.2, -0.15) is 24.5 Å². The molecule has 0 saturated heterocycles. The number of pyridine rings is 1. The molecule has 0 fully saturated rings. The minimum Gasteiger partial charge on any atom is -0.309 e. The molecule has 1 aromatic carbocycles. The average Bonchev–Trinajstić information content (AvgIpc) is 3.32. The minimum absolute atomic E-state index is 0.489. The third-order valence-electron chi connectivity index (χ3n) is 4.24. The van der Waals surface area contributed by atoms with Gasteiger partial charge in [0, 0.05) is 29.4 Å². The monoisotopic (exact) mass is 404 g/mol. The smallest absolute Gasteiger partial charge is 0.309 e. The number of benzene rings is 1. The molecule has 0 spiro atoms. The SMILES string of the molecule is FC(F)(F)c1ccc(CNCc2cc3ccsc3nc2-c2ccsc2)cc1. The Hall–Kier alpha value is -2.22. The number of halogens is 3. The fourth-order valence-corrected chi connectivity index (χ4v) is 4.27. The lowest BCUT2D eigenvalue weighted by atomic mass is 10.1. The normalized spacial score (nSPS) is 12.0. The summed E-state index contributed by atoms with van der Waals surface area (Å²) in [4.78, 5) is 5.80. The van der Waals surface area contributed by atoms with Gasteiger partial charge in [-0.1, -0.05) is 12.1 Å². The van der Waals surface area contributed by atoms with E-state index in [9.17, 15) is 13.2 Å². The summed E-state index contributed by atoms with van der Waals surface area (Å²) < 4.78 is 38.0. The Balaban J connectivity index is 1.51. The zero-order chi connectivity index (χ0) is 18.9. The molecule has 3 heterocycles. The van der Waals surface area contributed by atoms with E-state index in [1.165, 1.54) is 12.1 Å². The number of fused-ring (bicyclic) bond motifs is 1. The zero-order valence-electron chi connectivity index (χ0n) is 14.1. The van der Waals surface area contributed by atoms with Crippen molar-refractivity contribution in [3.05, 3.63) is 75.3 Å². The maximum atomic E-state index is 12.7. The van der Waals surface area contributed by atoms with Gasteiger partial charge in [-0.3, -0.25) is 0 Å². The molecule has 138 valence electrons. The number of alkyl halides is 3. The molecule has 0 aliphatic rings. The maximum Gasteiger partial charge on any atom is 0.416 e. The van der Waals surface area contributed by atoms with E-state index in [0.29, 0.717) is 13.1 Å². The molecule has 0 saturated carbocycles. The molecule has 0 aliphatic carbocycles. The van der Waals surface area contributed by atoms with Crippen LogP contribution >= 0.6 is 22.7 Å². The van der Waals surface area contributed by atoms with Crippen molar-refractivity contribution in [2.45, 2.75) is 19.3 Å². The van der Waals surface area contributed by atoms with Gasteiger partial charge in [-0.25, -0.2) is 4.98 Å². The first-order valence-electron chi connectivity index (χ1n) is 8.27. The third-order valence-corrected chi connectivity index (χ3v) is 5.75. The highest BCUT2D eigenvalue weighted by molar-refractivity contribution is 7.16. The second-order valence-corrected chi connectivity index (χ2v) is 7.80. The highest BCUT2D eigenvalue weighted by atomic mass is 32.1. The number of nitrogens with one attached hydrogen (secondary N) is 1. The van der Waals surface area contributed by atoms with Crippen molar-refractivity contribution in [1.82, 2.24) is 10.3 Å². The van der Waals surface area contributed by atoms with Crippen molar-refractivity contribution < 1.29 is 13.2 Å². The van der Waals surface area contributed by atoms with Crippen LogP contribution in [0.2, 0.25) is 0 Å². The summed E-state index contributed by atoms with van der Waals surface area (Å²) in [5, 5.41) is 10.5. The van der Waals surface area contributed by atoms with Gasteiger partial charge in [-0.15, -0.1) is 11.3 Å². The number of hydrogen-bond acceptors (Lipinski definition) is 4. The number of aromatic nitrogens is 1. The number of rotatable bonds is 5. The Bertz CT molecular complexity index is 1040. The summed E-state index contributed by atoms with van der Waals surface area (Å²) in [5.41, 5.74) is 3.29. The Kier molecular flexibility index (Phi) is 4.99. The molecule has 3 aromatic heterocycles. The van der Waals surface area contributed by atoms with Gasteiger partial charge in [0.05, 0.1) is 11.3 Å². The van der Waals surface area contributed by atoms with Crippen LogP contribution in [0, 0.1) is 0 Å². The predicted molar refractivity (Wildman–Crippen MR) is 105 cm³/mol. The molecule has 0 amide bonds. The summed E-state index contributed by atoms with van der Waals surface area (Å²) in [6.45, 7) is 1.08. The van der Waals surface area contributed by atoms with Crippen molar-refractivity contribution in [2.75, 3.05) is 0 Å². The quantitative estimate of drug-likeness (QED) is 0.420. The Morgan fingerprint density at radius 3 is 2.48 bits per heavy atom. The van der Waals surface area contributed by atoms with E-state index >= 15 is 0 Å². The van der Waals surface area contributed by atoms with Gasteiger partial charge in [0.2, 0.25) is 0 Å². The molecule has 7 heteroatoms. The van der Waals surface area contributed by atoms with Crippen LogP contribution in [-0.4, -0.2) is 4.98 Å². The predicted octanol–water partition coefficient (Wildman–Crippen LogP) is 6.33. The first-order chi connectivity index (χ1) is 13.0. The van der Waals surface area contributed by atoms with Crippen LogP contribution in [0.25, 0.3) is 21.5 Å². The van der Waals surface area contributed by atoms with Crippen LogP contribution in [0.3, 0.4) is 0 Å². The molecular formula is C20H15F3N2S2. The van der Waals surface area contributed by atoms with E-state index in [0.717, 1.165) is 44.7 Å². The molecule has 2 nitrogen and oxygen atoms in total. The molecule has 0 bridgehead atoms. The Labute approximate surface area is 162 Å². The fraction of sp³-hybridized carbons (Fsp3) is 0.150. The number of nitrogens with zero attached hydrogens (tertiary/aromatic N) is 1. The number of thiophene rings is 2. The van der Waals surface area contributed by atoms with Crippen LogP contribution < -0.4 is 5.32 Å². The van der Waals surface area contributed by atoms with Crippen LogP contribution in [-0.2, 0) is 19.3 Å². The van der Waals surface area contributed by atoms with Gasteiger partial charge < -0.3 is 5.32 Å². The maximum absolute atomic E-state index is 12.7. The summed E-state index contributed by atoms with van der Waals surface area (Å²) in [6, 6.07) is 11.5. The molecule has 4 aromatic rings. The summed E-state index contributed by atoms with van der Waals surface area (Å²) in [7, 11) is 0. The van der Waals surface area contributed by atoms with Gasteiger partial charge in [-0.05, 0) is 52.2 Å². The second kappa shape index (κ2) is 7.42. The molecule has 0 atom stereocenters. The van der Waals surface area contributed by atoms with Crippen molar-refractivity contribution in [3.8, 4) is 11.3 Å². The standard InChI is InChI=1S/C20H15F3N2S2/c21-20(22,23)17-3-1-13(2-4-17)10-24-11-16-9-14-6-8-27-19(14)25-18(16)15-5-7-26-12-15/h1-9,12,24H,10-11H2. The molecule has 27 heavy (non-hydrogen) atoms. The summed E-state index contributed by atoms with van der Waals surface area (Å²) in [6.07, 6.45) is -4.30. The molecular weight excluding hydrogens is 389 g/mol. The fourth-order valence-electron chi connectivity index (χ4n) is 2.88. The lowest BCUT2D eigenvalue weighted by Gasteiger charge is -2.11. The zero-order valence-corrected chi connectivity index (χ0v) is 15.7. The topological polar surface area (TPSA) is 24.9 Å². The highest BCUT2D eigenvalue weighted by Crippen LogP contribution is 2.30. The van der Waals surface area contributed by atoms with E-state index in [4.69, 9.17) is 4.98 Å². The van der Waals surface area contributed by atoms with Gasteiger partial charge in [0.1, 0.15) is 4.83 Å². The van der Waals surface area contributed by atoms with E-state index in [1.807, 2.05) is 22.9 Å². The van der Waals surface area contributed by atoms with E-state index in [1.54, 1.807) is 22.7 Å². The Morgan fingerprint density at radius 2 is 1.78 bits per heavy atom. The first kappa shape index (κ1) is 18.2. The molecule has 1 N–H and O–H groups in total. The Morgan fingerprint density at radius 1 is 0.963 bits per heavy atom. The van der Waals surface area contributed by atoms with E-state index in [-0.39, 0.29) is 0 Å². The molecule has 0 radical (unpaired) electrons. The van der Waals surface area contributed by atoms with Crippen LogP contribution in [0.15, 0.2) is 58.6 Å². The number of hydrogen-bond donors (Lipinski definition) is 1. The van der Waals surface area contributed by atoms with Crippen molar-refractivity contribution in [3.63, 3.8) is 0 Å². The van der Waals surface area contributed by atoms with Gasteiger partial charge >= 0.3 is 6.18 Å². The largest absolute Gasteiger partial charge is 0.416 e.